The highest BCUT2D eigenvalue weighted by molar-refractivity contribution is 7.92. The molecule has 0 bridgehead atoms. The third-order valence-corrected chi connectivity index (χ3v) is 7.04. The van der Waals surface area contributed by atoms with Gasteiger partial charge in [0, 0.05) is 0 Å². The third-order valence-electron chi connectivity index (χ3n) is 5.23. The zero-order valence-corrected chi connectivity index (χ0v) is 17.7. The molecule has 1 heterocycles. The Balaban J connectivity index is 1.82. The molecule has 3 aromatic rings. The summed E-state index contributed by atoms with van der Waals surface area (Å²) in [6, 6.07) is 15.0. The Morgan fingerprint density at radius 1 is 0.968 bits per heavy atom. The second-order valence-electron chi connectivity index (χ2n) is 7.45. The van der Waals surface area contributed by atoms with Crippen LogP contribution in [0.3, 0.4) is 0 Å². The van der Waals surface area contributed by atoms with E-state index in [1.54, 1.807) is 12.1 Å². The smallest absolute Gasteiger partial charge is 0.416 e. The first-order chi connectivity index (χ1) is 14.6. The number of sulfonamides is 1. The molecular formula is C23H20F3NO3S. The number of hydrogen-bond donors (Lipinski definition) is 0. The Labute approximate surface area is 178 Å². The average molecular weight is 447 g/mol. The van der Waals surface area contributed by atoms with Crippen molar-refractivity contribution in [2.75, 3.05) is 17.5 Å². The fraction of sp³-hybridized carbons (Fsp3) is 0.217. The van der Waals surface area contributed by atoms with Crippen molar-refractivity contribution in [1.82, 2.24) is 0 Å². The van der Waals surface area contributed by atoms with E-state index in [1.165, 1.54) is 6.07 Å². The first kappa shape index (κ1) is 21.2. The lowest BCUT2D eigenvalue weighted by molar-refractivity contribution is -0.137. The molecule has 0 unspecified atom stereocenters. The van der Waals surface area contributed by atoms with Gasteiger partial charge in [0.15, 0.2) is 0 Å². The van der Waals surface area contributed by atoms with E-state index in [-0.39, 0.29) is 13.2 Å². The van der Waals surface area contributed by atoms with Crippen LogP contribution in [-0.2, 0) is 16.2 Å². The Morgan fingerprint density at radius 3 is 2.48 bits per heavy atom. The van der Waals surface area contributed by atoms with Crippen LogP contribution in [0.4, 0.5) is 18.9 Å². The number of nitrogens with zero attached hydrogens (tertiary/aromatic N) is 1. The van der Waals surface area contributed by atoms with Gasteiger partial charge in [-0.05, 0) is 60.9 Å². The minimum absolute atomic E-state index is 0.00182. The van der Waals surface area contributed by atoms with Gasteiger partial charge >= 0.3 is 6.18 Å². The van der Waals surface area contributed by atoms with Crippen LogP contribution < -0.4 is 9.04 Å². The Hall–Kier alpha value is -3.00. The highest BCUT2D eigenvalue weighted by Crippen LogP contribution is 2.40. The van der Waals surface area contributed by atoms with Gasteiger partial charge in [-0.15, -0.1) is 0 Å². The zero-order valence-electron chi connectivity index (χ0n) is 16.9. The molecule has 0 aliphatic carbocycles. The van der Waals surface area contributed by atoms with Gasteiger partial charge in [0.25, 0.3) is 10.0 Å². The van der Waals surface area contributed by atoms with Crippen LogP contribution in [0.2, 0.25) is 0 Å². The first-order valence-electron chi connectivity index (χ1n) is 9.62. The molecule has 1 aliphatic rings. The van der Waals surface area contributed by atoms with E-state index in [0.29, 0.717) is 17.5 Å². The van der Waals surface area contributed by atoms with E-state index in [1.807, 2.05) is 38.1 Å². The maximum Gasteiger partial charge on any atom is 0.416 e. The first-order valence-corrected chi connectivity index (χ1v) is 11.1. The molecule has 31 heavy (non-hydrogen) atoms. The summed E-state index contributed by atoms with van der Waals surface area (Å²) in [6.07, 6.45) is -4.63. The SMILES string of the molecule is Cc1ccc(C)c(-c2ccc3c(c2)N(S(=O)(=O)c2cccc(C(F)(F)F)c2)CCO3)c1. The maximum absolute atomic E-state index is 13.3. The summed E-state index contributed by atoms with van der Waals surface area (Å²) in [5.74, 6) is 0.371. The molecule has 0 saturated heterocycles. The van der Waals surface area contributed by atoms with Crippen LogP contribution in [0.1, 0.15) is 16.7 Å². The van der Waals surface area contributed by atoms with Gasteiger partial charge < -0.3 is 4.74 Å². The highest BCUT2D eigenvalue weighted by atomic mass is 32.2. The molecule has 0 saturated carbocycles. The van der Waals surface area contributed by atoms with Crippen molar-refractivity contribution < 1.29 is 26.3 Å². The van der Waals surface area contributed by atoms with Gasteiger partial charge in [-0.3, -0.25) is 4.31 Å². The van der Waals surface area contributed by atoms with E-state index in [0.717, 1.165) is 38.7 Å². The van der Waals surface area contributed by atoms with Gasteiger partial charge in [0.2, 0.25) is 0 Å². The van der Waals surface area contributed by atoms with Crippen molar-refractivity contribution in [3.8, 4) is 16.9 Å². The molecule has 8 heteroatoms. The fourth-order valence-corrected chi connectivity index (χ4v) is 5.11. The Bertz CT molecular complexity index is 1250. The number of halogens is 3. The van der Waals surface area contributed by atoms with Crippen LogP contribution in [0.5, 0.6) is 5.75 Å². The van der Waals surface area contributed by atoms with Crippen LogP contribution >= 0.6 is 0 Å². The van der Waals surface area contributed by atoms with Crippen molar-refractivity contribution in [3.63, 3.8) is 0 Å². The number of benzene rings is 3. The Kier molecular flexibility index (Phi) is 5.21. The van der Waals surface area contributed by atoms with Crippen LogP contribution in [0.15, 0.2) is 65.6 Å². The summed E-state index contributed by atoms with van der Waals surface area (Å²) in [5.41, 5.74) is 3.13. The number of ether oxygens (including phenoxy) is 1. The molecule has 0 radical (unpaired) electrons. The third kappa shape index (κ3) is 3.99. The second kappa shape index (κ2) is 7.60. The molecule has 3 aromatic carbocycles. The minimum Gasteiger partial charge on any atom is -0.489 e. The van der Waals surface area contributed by atoms with Crippen molar-refractivity contribution in [3.05, 3.63) is 77.4 Å². The molecular weight excluding hydrogens is 427 g/mol. The van der Waals surface area contributed by atoms with Gasteiger partial charge in [-0.2, -0.15) is 13.2 Å². The summed E-state index contributed by atoms with van der Waals surface area (Å²) in [7, 11) is -4.22. The van der Waals surface area contributed by atoms with Crippen molar-refractivity contribution in [2.24, 2.45) is 0 Å². The lowest BCUT2D eigenvalue weighted by atomic mass is 9.98. The summed E-state index contributed by atoms with van der Waals surface area (Å²) >= 11 is 0. The number of alkyl halides is 3. The zero-order chi connectivity index (χ0) is 22.4. The monoisotopic (exact) mass is 447 g/mol. The molecule has 0 amide bonds. The second-order valence-corrected chi connectivity index (χ2v) is 9.31. The van der Waals surface area contributed by atoms with Crippen LogP contribution in [0.25, 0.3) is 11.1 Å². The molecule has 0 N–H and O–H groups in total. The van der Waals surface area contributed by atoms with Gasteiger partial charge in [-0.1, -0.05) is 35.9 Å². The van der Waals surface area contributed by atoms with Crippen molar-refractivity contribution in [1.29, 1.82) is 0 Å². The van der Waals surface area contributed by atoms with Crippen LogP contribution in [-0.4, -0.2) is 21.6 Å². The van der Waals surface area contributed by atoms with E-state index in [4.69, 9.17) is 4.74 Å². The molecule has 162 valence electrons. The molecule has 0 spiro atoms. The largest absolute Gasteiger partial charge is 0.489 e. The summed E-state index contributed by atoms with van der Waals surface area (Å²) < 4.78 is 72.7. The maximum atomic E-state index is 13.3. The van der Waals surface area contributed by atoms with Crippen LogP contribution in [0, 0.1) is 13.8 Å². The number of rotatable bonds is 3. The summed E-state index contributed by atoms with van der Waals surface area (Å²) in [6.45, 7) is 4.03. The lowest BCUT2D eigenvalue weighted by Crippen LogP contribution is -2.38. The fourth-order valence-electron chi connectivity index (χ4n) is 3.62. The number of hydrogen-bond acceptors (Lipinski definition) is 3. The van der Waals surface area contributed by atoms with E-state index in [2.05, 4.69) is 0 Å². The quantitative estimate of drug-likeness (QED) is 0.527. The Morgan fingerprint density at radius 2 is 1.74 bits per heavy atom. The predicted molar refractivity (Wildman–Crippen MR) is 113 cm³/mol. The molecule has 4 nitrogen and oxygen atoms in total. The molecule has 0 aromatic heterocycles. The van der Waals surface area contributed by atoms with Gasteiger partial charge in [-0.25, -0.2) is 8.42 Å². The average Bonchev–Trinajstić information content (AvgIpc) is 2.74. The normalized spacial score (nSPS) is 14.2. The topological polar surface area (TPSA) is 46.6 Å². The standard InChI is InChI=1S/C23H20F3NO3S/c1-15-6-7-16(2)20(12-15)17-8-9-22-21(13-17)27(10-11-30-22)31(28,29)19-5-3-4-18(14-19)23(24,25)26/h3-9,12-14H,10-11H2,1-2H3. The molecule has 0 atom stereocenters. The number of aryl methyl sites for hydroxylation is 2. The van der Waals surface area contributed by atoms with Gasteiger partial charge in [0.05, 0.1) is 22.7 Å². The molecule has 0 fully saturated rings. The van der Waals surface area contributed by atoms with Crippen molar-refractivity contribution >= 4 is 15.7 Å². The van der Waals surface area contributed by atoms with E-state index in [9.17, 15) is 21.6 Å². The predicted octanol–water partition coefficient (Wildman–Crippen LogP) is 5.58. The molecule has 4 rings (SSSR count). The lowest BCUT2D eigenvalue weighted by Gasteiger charge is -2.31. The van der Waals surface area contributed by atoms with Crippen molar-refractivity contribution in [2.45, 2.75) is 24.9 Å². The van der Waals surface area contributed by atoms with E-state index < -0.39 is 26.7 Å². The number of anilines is 1. The van der Waals surface area contributed by atoms with E-state index >= 15 is 0 Å². The summed E-state index contributed by atoms with van der Waals surface area (Å²) in [5, 5.41) is 0. The number of fused-ring (bicyclic) bond motifs is 1. The molecule has 1 aliphatic heterocycles. The minimum atomic E-state index is -4.63. The van der Waals surface area contributed by atoms with Gasteiger partial charge in [0.1, 0.15) is 12.4 Å². The summed E-state index contributed by atoms with van der Waals surface area (Å²) in [4.78, 5) is -0.410. The highest BCUT2D eigenvalue weighted by Gasteiger charge is 2.34.